The van der Waals surface area contributed by atoms with Crippen LogP contribution in [0.2, 0.25) is 0 Å². The summed E-state index contributed by atoms with van der Waals surface area (Å²) in [6, 6.07) is 22.6. The molecule has 0 aliphatic heterocycles. The molecule has 1 saturated carbocycles. The van der Waals surface area contributed by atoms with Crippen LogP contribution in [0.15, 0.2) is 78.9 Å². The molecule has 3 aromatic rings. The fourth-order valence-corrected chi connectivity index (χ4v) is 4.76. The average Bonchev–Trinajstić information content (AvgIpc) is 2.84. The van der Waals surface area contributed by atoms with Gasteiger partial charge in [-0.25, -0.2) is 4.79 Å². The zero-order chi connectivity index (χ0) is 24.0. The Morgan fingerprint density at radius 1 is 0.882 bits per heavy atom. The van der Waals surface area contributed by atoms with Gasteiger partial charge in [-0.2, -0.15) is 0 Å². The third-order valence-corrected chi connectivity index (χ3v) is 6.53. The Hall–Kier alpha value is -3.86. The predicted octanol–water partition coefficient (Wildman–Crippen LogP) is 6.29. The molecule has 3 N–H and O–H groups in total. The van der Waals surface area contributed by atoms with Crippen LogP contribution in [0.5, 0.6) is 5.75 Å². The minimum absolute atomic E-state index is 0.0172. The molecule has 4 rings (SSSR count). The molecule has 0 aromatic heterocycles. The summed E-state index contributed by atoms with van der Waals surface area (Å²) < 4.78 is 0. The zero-order valence-corrected chi connectivity index (χ0v) is 19.0. The van der Waals surface area contributed by atoms with Crippen molar-refractivity contribution in [3.63, 3.8) is 0 Å². The smallest absolute Gasteiger partial charge is 0.328 e. The maximum absolute atomic E-state index is 13.5. The van der Waals surface area contributed by atoms with Gasteiger partial charge in [0, 0.05) is 11.8 Å². The van der Waals surface area contributed by atoms with Crippen molar-refractivity contribution >= 4 is 23.6 Å². The quantitative estimate of drug-likeness (QED) is 0.366. The van der Waals surface area contributed by atoms with E-state index in [-0.39, 0.29) is 11.7 Å². The number of carbonyl (C=O) groups is 2. The summed E-state index contributed by atoms with van der Waals surface area (Å²) in [5.74, 6) is -0.753. The highest BCUT2D eigenvalue weighted by atomic mass is 16.4. The second-order valence-electron chi connectivity index (χ2n) is 9.02. The second-order valence-corrected chi connectivity index (χ2v) is 9.02. The van der Waals surface area contributed by atoms with Crippen molar-refractivity contribution in [2.45, 2.75) is 38.5 Å². The van der Waals surface area contributed by atoms with Gasteiger partial charge in [-0.1, -0.05) is 67.8 Å². The highest BCUT2D eigenvalue weighted by molar-refractivity contribution is 5.96. The summed E-state index contributed by atoms with van der Waals surface area (Å²) in [4.78, 5) is 24.4. The van der Waals surface area contributed by atoms with Gasteiger partial charge >= 0.3 is 5.97 Å². The topological polar surface area (TPSA) is 86.6 Å². The van der Waals surface area contributed by atoms with Crippen LogP contribution in [0.3, 0.4) is 0 Å². The van der Waals surface area contributed by atoms with Gasteiger partial charge in [0.25, 0.3) is 0 Å². The first-order chi connectivity index (χ1) is 16.4. The average molecular weight is 456 g/mol. The molecule has 0 bridgehead atoms. The van der Waals surface area contributed by atoms with Crippen LogP contribution in [-0.4, -0.2) is 22.1 Å². The molecule has 5 heteroatoms. The number of amides is 1. The number of aromatic hydroxyl groups is 1. The van der Waals surface area contributed by atoms with E-state index in [1.807, 2.05) is 36.4 Å². The molecule has 34 heavy (non-hydrogen) atoms. The molecule has 1 aliphatic carbocycles. The first-order valence-corrected chi connectivity index (χ1v) is 11.6. The Bertz CT molecular complexity index is 1190. The number of carbonyl (C=O) groups excluding carboxylic acids is 1. The van der Waals surface area contributed by atoms with E-state index in [1.165, 1.54) is 6.08 Å². The molecule has 0 spiro atoms. The lowest BCUT2D eigenvalue weighted by molar-refractivity contribution is -0.131. The van der Waals surface area contributed by atoms with Gasteiger partial charge < -0.3 is 15.5 Å². The number of phenolic OH excluding ortho intramolecular Hbond substituents is 1. The largest absolute Gasteiger partial charge is 0.508 e. The monoisotopic (exact) mass is 455 g/mol. The minimum atomic E-state index is -1.01. The molecular weight excluding hydrogens is 426 g/mol. The van der Waals surface area contributed by atoms with E-state index in [9.17, 15) is 14.7 Å². The van der Waals surface area contributed by atoms with E-state index in [0.29, 0.717) is 12.1 Å². The van der Waals surface area contributed by atoms with E-state index in [4.69, 9.17) is 5.11 Å². The Kier molecular flexibility index (Phi) is 7.12. The van der Waals surface area contributed by atoms with Crippen LogP contribution in [-0.2, 0) is 16.0 Å². The first-order valence-electron chi connectivity index (χ1n) is 11.6. The van der Waals surface area contributed by atoms with Gasteiger partial charge in [-0.3, -0.25) is 4.79 Å². The SMILES string of the molecule is O=C(O)/C=C/c1cccc(NC(=O)C2(Cc3ccc(-c4cccc(O)c4)cc3)CCCCC2)c1. The number of carboxylic acids is 1. The van der Waals surface area contributed by atoms with Crippen molar-refractivity contribution in [1.82, 2.24) is 0 Å². The van der Waals surface area contributed by atoms with Crippen LogP contribution in [0.25, 0.3) is 17.2 Å². The molecule has 0 saturated heterocycles. The first kappa shape index (κ1) is 23.3. The van der Waals surface area contributed by atoms with E-state index in [0.717, 1.165) is 60.4 Å². The van der Waals surface area contributed by atoms with E-state index >= 15 is 0 Å². The Balaban J connectivity index is 1.52. The normalized spacial score (nSPS) is 15.2. The van der Waals surface area contributed by atoms with Crippen LogP contribution in [0, 0.1) is 5.41 Å². The lowest BCUT2D eigenvalue weighted by Crippen LogP contribution is -2.40. The molecule has 1 fully saturated rings. The highest BCUT2D eigenvalue weighted by Gasteiger charge is 2.39. The number of nitrogens with one attached hydrogen (secondary N) is 1. The molecule has 0 heterocycles. The van der Waals surface area contributed by atoms with E-state index in [2.05, 4.69) is 17.4 Å². The van der Waals surface area contributed by atoms with Gasteiger partial charge in [0.15, 0.2) is 0 Å². The van der Waals surface area contributed by atoms with Crippen molar-refractivity contribution in [3.8, 4) is 16.9 Å². The zero-order valence-electron chi connectivity index (χ0n) is 19.0. The fourth-order valence-electron chi connectivity index (χ4n) is 4.76. The molecule has 0 atom stereocenters. The second kappa shape index (κ2) is 10.4. The van der Waals surface area contributed by atoms with Gasteiger partial charge in [0.1, 0.15) is 5.75 Å². The summed E-state index contributed by atoms with van der Waals surface area (Å²) in [6.45, 7) is 0. The highest BCUT2D eigenvalue weighted by Crippen LogP contribution is 2.40. The lowest BCUT2D eigenvalue weighted by Gasteiger charge is -2.36. The van der Waals surface area contributed by atoms with Crippen LogP contribution in [0.4, 0.5) is 5.69 Å². The van der Waals surface area contributed by atoms with Crippen molar-refractivity contribution in [2.75, 3.05) is 5.32 Å². The minimum Gasteiger partial charge on any atom is -0.508 e. The van der Waals surface area contributed by atoms with Gasteiger partial charge in [0.05, 0.1) is 5.41 Å². The van der Waals surface area contributed by atoms with Crippen molar-refractivity contribution in [1.29, 1.82) is 0 Å². The standard InChI is InChI=1S/C29H29NO4/c31-26-9-5-7-24(19-26)23-13-10-22(11-14-23)20-29(16-2-1-3-17-29)28(34)30-25-8-4-6-21(18-25)12-15-27(32)33/h4-15,18-19,31H,1-3,16-17,20H2,(H,30,34)(H,32,33)/b15-12+. The predicted molar refractivity (Wildman–Crippen MR) is 135 cm³/mol. The third kappa shape index (κ3) is 5.73. The van der Waals surface area contributed by atoms with Gasteiger partial charge in [0.2, 0.25) is 5.91 Å². The van der Waals surface area contributed by atoms with Crippen molar-refractivity contribution in [2.24, 2.45) is 5.41 Å². The van der Waals surface area contributed by atoms with E-state index in [1.54, 1.807) is 24.3 Å². The van der Waals surface area contributed by atoms with Crippen molar-refractivity contribution < 1.29 is 19.8 Å². The maximum atomic E-state index is 13.5. The lowest BCUT2D eigenvalue weighted by atomic mass is 9.69. The maximum Gasteiger partial charge on any atom is 0.328 e. The summed E-state index contributed by atoms with van der Waals surface area (Å²) in [6.07, 6.45) is 8.13. The molecule has 0 unspecified atom stereocenters. The van der Waals surface area contributed by atoms with Crippen molar-refractivity contribution in [3.05, 3.63) is 90.0 Å². The molecule has 3 aromatic carbocycles. The molecule has 5 nitrogen and oxygen atoms in total. The van der Waals surface area contributed by atoms with Crippen LogP contribution < -0.4 is 5.32 Å². The molecule has 174 valence electrons. The summed E-state index contributed by atoms with van der Waals surface area (Å²) in [7, 11) is 0. The van der Waals surface area contributed by atoms with Crippen LogP contribution in [0.1, 0.15) is 43.2 Å². The van der Waals surface area contributed by atoms with Gasteiger partial charge in [-0.05, 0) is 71.9 Å². The number of aliphatic carboxylic acids is 1. The number of phenols is 1. The fraction of sp³-hybridized carbons (Fsp3) is 0.241. The van der Waals surface area contributed by atoms with Crippen LogP contribution >= 0.6 is 0 Å². The number of anilines is 1. The number of benzene rings is 3. The summed E-state index contributed by atoms with van der Waals surface area (Å²) in [5.41, 5.74) is 4.00. The Morgan fingerprint density at radius 3 is 2.32 bits per heavy atom. The number of rotatable bonds is 7. The number of hydrogen-bond acceptors (Lipinski definition) is 3. The van der Waals surface area contributed by atoms with E-state index < -0.39 is 11.4 Å². The summed E-state index contributed by atoms with van der Waals surface area (Å²) in [5, 5.41) is 21.7. The molecule has 1 amide bonds. The Labute approximate surface area is 199 Å². The van der Waals surface area contributed by atoms with Gasteiger partial charge in [-0.15, -0.1) is 0 Å². The third-order valence-electron chi connectivity index (χ3n) is 6.53. The number of carboxylic acid groups (broad SMARTS) is 1. The Morgan fingerprint density at radius 2 is 1.62 bits per heavy atom. The molecule has 1 aliphatic rings. The molecule has 0 radical (unpaired) electrons. The molecular formula is C29H29NO4. The summed E-state index contributed by atoms with van der Waals surface area (Å²) >= 11 is 0. The number of hydrogen-bond donors (Lipinski definition) is 3.